The number of nitrogens with two attached hydrogens (primary N) is 1. The van der Waals surface area contributed by atoms with Crippen LogP contribution in [0.4, 0.5) is 5.69 Å². The summed E-state index contributed by atoms with van der Waals surface area (Å²) < 4.78 is 23.4. The second-order valence-corrected chi connectivity index (χ2v) is 6.81. The molecule has 3 N–H and O–H groups in total. The molecule has 0 amide bonds. The topological polar surface area (TPSA) is 76.0 Å². The third kappa shape index (κ3) is 1.53. The van der Waals surface area contributed by atoms with E-state index in [1.165, 1.54) is 0 Å². The third-order valence-corrected chi connectivity index (χ3v) is 5.04. The summed E-state index contributed by atoms with van der Waals surface area (Å²) in [5.41, 5.74) is 10.5. The number of fused-ring (bicyclic) bond motifs is 3. The van der Waals surface area contributed by atoms with Crippen LogP contribution >= 0.6 is 0 Å². The van der Waals surface area contributed by atoms with E-state index < -0.39 is 9.84 Å². The van der Waals surface area contributed by atoms with Crippen LogP contribution in [0.15, 0.2) is 12.1 Å². The highest BCUT2D eigenvalue weighted by molar-refractivity contribution is 7.90. The fourth-order valence-corrected chi connectivity index (χ4v) is 3.95. The number of anilines is 1. The SMILES string of the molecule is Cc1c(N)ccc2[nH]c3c(c12)CS(=O)(=O)CC3. The van der Waals surface area contributed by atoms with E-state index in [-0.39, 0.29) is 11.5 Å². The van der Waals surface area contributed by atoms with E-state index in [4.69, 9.17) is 5.73 Å². The number of sulfone groups is 1. The fourth-order valence-electron chi connectivity index (χ4n) is 2.53. The van der Waals surface area contributed by atoms with Crippen LogP contribution in [0, 0.1) is 6.92 Å². The molecule has 0 unspecified atom stereocenters. The standard InChI is InChI=1S/C12H14N2O2S/c1-7-9(13)2-3-11-12(7)8-6-17(15,16)5-4-10(8)14-11/h2-3,14H,4-6,13H2,1H3. The van der Waals surface area contributed by atoms with E-state index in [0.29, 0.717) is 12.1 Å². The molecule has 1 aromatic heterocycles. The molecular weight excluding hydrogens is 236 g/mol. The van der Waals surface area contributed by atoms with Crippen LogP contribution in [0.5, 0.6) is 0 Å². The van der Waals surface area contributed by atoms with E-state index in [1.807, 2.05) is 19.1 Å². The van der Waals surface area contributed by atoms with Gasteiger partial charge in [-0.25, -0.2) is 8.42 Å². The van der Waals surface area contributed by atoms with Crippen LogP contribution in [-0.2, 0) is 22.0 Å². The quantitative estimate of drug-likeness (QED) is 0.696. The maximum absolute atomic E-state index is 11.7. The predicted molar refractivity (Wildman–Crippen MR) is 68.6 cm³/mol. The van der Waals surface area contributed by atoms with Crippen molar-refractivity contribution in [3.63, 3.8) is 0 Å². The molecule has 1 aromatic carbocycles. The summed E-state index contributed by atoms with van der Waals surface area (Å²) in [6, 6.07) is 3.77. The Morgan fingerprint density at radius 3 is 2.88 bits per heavy atom. The molecule has 5 heteroatoms. The van der Waals surface area contributed by atoms with Crippen LogP contribution in [0.1, 0.15) is 16.8 Å². The van der Waals surface area contributed by atoms with Gasteiger partial charge in [0.2, 0.25) is 0 Å². The Bertz CT molecular complexity index is 714. The molecule has 0 fully saturated rings. The second-order valence-electron chi connectivity index (χ2n) is 4.63. The van der Waals surface area contributed by atoms with Gasteiger partial charge in [0.05, 0.1) is 11.5 Å². The Morgan fingerprint density at radius 2 is 2.12 bits per heavy atom. The van der Waals surface area contributed by atoms with Gasteiger partial charge in [-0.2, -0.15) is 0 Å². The predicted octanol–water partition coefficient (Wildman–Crippen LogP) is 1.53. The lowest BCUT2D eigenvalue weighted by Crippen LogP contribution is -2.18. The zero-order valence-electron chi connectivity index (χ0n) is 9.58. The van der Waals surface area contributed by atoms with Gasteiger partial charge in [0.15, 0.2) is 9.84 Å². The molecule has 2 heterocycles. The first-order chi connectivity index (χ1) is 7.98. The summed E-state index contributed by atoms with van der Waals surface area (Å²) in [5.74, 6) is 0.369. The van der Waals surface area contributed by atoms with Crippen LogP contribution in [-0.4, -0.2) is 19.2 Å². The van der Waals surface area contributed by atoms with Crippen molar-refractivity contribution in [3.8, 4) is 0 Å². The molecular formula is C12H14N2O2S. The van der Waals surface area contributed by atoms with Gasteiger partial charge in [-0.3, -0.25) is 0 Å². The zero-order chi connectivity index (χ0) is 12.2. The number of H-pyrrole nitrogens is 1. The Labute approximate surface area is 99.7 Å². The van der Waals surface area contributed by atoms with Gasteiger partial charge in [0.25, 0.3) is 0 Å². The minimum Gasteiger partial charge on any atom is -0.398 e. The van der Waals surface area contributed by atoms with Crippen LogP contribution in [0.3, 0.4) is 0 Å². The first-order valence-corrected chi connectivity index (χ1v) is 7.39. The van der Waals surface area contributed by atoms with E-state index in [1.54, 1.807) is 0 Å². The maximum Gasteiger partial charge on any atom is 0.154 e. The molecule has 0 bridgehead atoms. The largest absolute Gasteiger partial charge is 0.398 e. The molecule has 0 radical (unpaired) electrons. The minimum atomic E-state index is -2.95. The summed E-state index contributed by atoms with van der Waals surface area (Å²) >= 11 is 0. The number of rotatable bonds is 0. The van der Waals surface area contributed by atoms with Gasteiger partial charge < -0.3 is 10.7 Å². The van der Waals surface area contributed by atoms with E-state index in [2.05, 4.69) is 4.98 Å². The van der Waals surface area contributed by atoms with E-state index >= 15 is 0 Å². The summed E-state index contributed by atoms with van der Waals surface area (Å²) in [6.45, 7) is 1.94. The monoisotopic (exact) mass is 250 g/mol. The molecule has 0 spiro atoms. The molecule has 4 nitrogen and oxygen atoms in total. The average molecular weight is 250 g/mol. The Morgan fingerprint density at radius 1 is 1.35 bits per heavy atom. The smallest absolute Gasteiger partial charge is 0.154 e. The molecule has 0 aliphatic carbocycles. The Hall–Kier alpha value is -1.49. The molecule has 90 valence electrons. The van der Waals surface area contributed by atoms with Crippen molar-refractivity contribution in [1.82, 2.24) is 4.98 Å². The maximum atomic E-state index is 11.7. The zero-order valence-corrected chi connectivity index (χ0v) is 10.4. The lowest BCUT2D eigenvalue weighted by atomic mass is 10.0. The number of aryl methyl sites for hydroxylation is 2. The number of benzene rings is 1. The number of aromatic nitrogens is 1. The lowest BCUT2D eigenvalue weighted by molar-refractivity contribution is 0.591. The molecule has 3 rings (SSSR count). The number of nitrogens with one attached hydrogen (secondary N) is 1. The number of aromatic amines is 1. The summed E-state index contributed by atoms with van der Waals surface area (Å²) in [6.07, 6.45) is 0.575. The van der Waals surface area contributed by atoms with Crippen LogP contribution < -0.4 is 5.73 Å². The summed E-state index contributed by atoms with van der Waals surface area (Å²) in [4.78, 5) is 3.30. The molecule has 0 atom stereocenters. The van der Waals surface area contributed by atoms with Crippen molar-refractivity contribution < 1.29 is 8.42 Å². The highest BCUT2D eigenvalue weighted by Gasteiger charge is 2.25. The Kier molecular flexibility index (Phi) is 2.04. The van der Waals surface area contributed by atoms with Crippen molar-refractivity contribution in [2.45, 2.75) is 19.1 Å². The normalized spacial score (nSPS) is 18.2. The lowest BCUT2D eigenvalue weighted by Gasteiger charge is -2.13. The number of nitrogen functional groups attached to an aromatic ring is 1. The van der Waals surface area contributed by atoms with Crippen LogP contribution in [0.25, 0.3) is 10.9 Å². The van der Waals surface area contributed by atoms with Crippen molar-refractivity contribution in [2.24, 2.45) is 0 Å². The molecule has 1 aliphatic heterocycles. The summed E-state index contributed by atoms with van der Waals surface area (Å²) in [7, 11) is -2.95. The van der Waals surface area contributed by atoms with Crippen LogP contribution in [0.2, 0.25) is 0 Å². The fraction of sp³-hybridized carbons (Fsp3) is 0.333. The molecule has 0 saturated carbocycles. The van der Waals surface area contributed by atoms with Gasteiger partial charge in [-0.15, -0.1) is 0 Å². The van der Waals surface area contributed by atoms with Gasteiger partial charge in [-0.05, 0) is 30.2 Å². The number of hydrogen-bond donors (Lipinski definition) is 2. The highest BCUT2D eigenvalue weighted by Crippen LogP contribution is 2.33. The van der Waals surface area contributed by atoms with Gasteiger partial charge in [0, 0.05) is 28.7 Å². The molecule has 0 saturated heterocycles. The third-order valence-electron chi connectivity index (χ3n) is 3.49. The van der Waals surface area contributed by atoms with Crippen molar-refractivity contribution in [2.75, 3.05) is 11.5 Å². The Balaban J connectivity index is 2.37. The molecule has 1 aliphatic rings. The van der Waals surface area contributed by atoms with Gasteiger partial charge >= 0.3 is 0 Å². The van der Waals surface area contributed by atoms with Gasteiger partial charge in [0.1, 0.15) is 0 Å². The minimum absolute atomic E-state index is 0.132. The van der Waals surface area contributed by atoms with Gasteiger partial charge in [-0.1, -0.05) is 0 Å². The average Bonchev–Trinajstić information content (AvgIpc) is 2.60. The number of hydrogen-bond acceptors (Lipinski definition) is 3. The van der Waals surface area contributed by atoms with Crippen molar-refractivity contribution in [3.05, 3.63) is 29.0 Å². The van der Waals surface area contributed by atoms with Crippen molar-refractivity contribution >= 4 is 26.4 Å². The van der Waals surface area contributed by atoms with Crippen molar-refractivity contribution in [1.29, 1.82) is 0 Å². The van der Waals surface area contributed by atoms with E-state index in [9.17, 15) is 8.42 Å². The second kappa shape index (κ2) is 3.26. The highest BCUT2D eigenvalue weighted by atomic mass is 32.2. The molecule has 2 aromatic rings. The first kappa shape index (κ1) is 10.7. The molecule has 17 heavy (non-hydrogen) atoms. The summed E-state index contributed by atoms with van der Waals surface area (Å²) in [5, 5.41) is 0.989. The first-order valence-electron chi connectivity index (χ1n) is 5.57. The van der Waals surface area contributed by atoms with E-state index in [0.717, 1.165) is 27.7 Å².